The maximum atomic E-state index is 12.2. The molecule has 0 spiro atoms. The average molecular weight is 293 g/mol. The Morgan fingerprint density at radius 3 is 2.85 bits per heavy atom. The number of thioether (sulfide) groups is 1. The molecule has 3 nitrogen and oxygen atoms in total. The lowest BCUT2D eigenvalue weighted by molar-refractivity contribution is -0.130. The zero-order valence-electron chi connectivity index (χ0n) is 12.0. The van der Waals surface area contributed by atoms with Gasteiger partial charge in [-0.3, -0.25) is 4.79 Å². The molecular formula is C16H23NO2S. The largest absolute Gasteiger partial charge is 0.394 e. The van der Waals surface area contributed by atoms with Crippen LogP contribution < -0.4 is 0 Å². The molecule has 1 N–H and O–H groups in total. The summed E-state index contributed by atoms with van der Waals surface area (Å²) in [6, 6.07) is 10.4. The Morgan fingerprint density at radius 1 is 1.40 bits per heavy atom. The molecule has 110 valence electrons. The highest BCUT2D eigenvalue weighted by Gasteiger charge is 2.33. The fourth-order valence-corrected chi connectivity index (χ4v) is 3.54. The molecule has 0 saturated carbocycles. The number of amides is 1. The molecule has 1 aliphatic heterocycles. The molecule has 1 amide bonds. The van der Waals surface area contributed by atoms with Crippen molar-refractivity contribution in [2.24, 2.45) is 5.92 Å². The van der Waals surface area contributed by atoms with Crippen LogP contribution in [-0.2, 0) is 11.2 Å². The maximum absolute atomic E-state index is 12.2. The molecule has 0 aliphatic carbocycles. The van der Waals surface area contributed by atoms with Crippen molar-refractivity contribution >= 4 is 17.7 Å². The van der Waals surface area contributed by atoms with Crippen LogP contribution in [0.3, 0.4) is 0 Å². The summed E-state index contributed by atoms with van der Waals surface area (Å²) >= 11 is 1.68. The maximum Gasteiger partial charge on any atom is 0.232 e. The summed E-state index contributed by atoms with van der Waals surface area (Å²) in [5.74, 6) is 2.07. The smallest absolute Gasteiger partial charge is 0.232 e. The van der Waals surface area contributed by atoms with E-state index in [0.29, 0.717) is 11.7 Å². The van der Waals surface area contributed by atoms with Gasteiger partial charge in [0.1, 0.15) is 0 Å². The van der Waals surface area contributed by atoms with Crippen molar-refractivity contribution in [3.63, 3.8) is 0 Å². The molecule has 0 radical (unpaired) electrons. The van der Waals surface area contributed by atoms with Crippen LogP contribution in [0.15, 0.2) is 30.3 Å². The lowest BCUT2D eigenvalue weighted by Gasteiger charge is -2.25. The van der Waals surface area contributed by atoms with E-state index in [9.17, 15) is 9.90 Å². The van der Waals surface area contributed by atoms with Gasteiger partial charge in [-0.25, -0.2) is 0 Å². The van der Waals surface area contributed by atoms with Crippen LogP contribution in [0.1, 0.15) is 18.9 Å². The number of carbonyl (C=O) groups excluding carboxylic acids is 1. The Labute approximate surface area is 125 Å². The first-order valence-electron chi connectivity index (χ1n) is 7.24. The van der Waals surface area contributed by atoms with Gasteiger partial charge in [0.25, 0.3) is 0 Å². The van der Waals surface area contributed by atoms with Gasteiger partial charge in [-0.1, -0.05) is 37.3 Å². The van der Waals surface area contributed by atoms with Gasteiger partial charge in [-0.05, 0) is 30.1 Å². The number of rotatable bonds is 6. The second-order valence-electron chi connectivity index (χ2n) is 5.39. The van der Waals surface area contributed by atoms with Crippen molar-refractivity contribution in [1.82, 2.24) is 4.90 Å². The van der Waals surface area contributed by atoms with E-state index in [1.165, 1.54) is 5.56 Å². The summed E-state index contributed by atoms with van der Waals surface area (Å²) in [7, 11) is 0. The lowest BCUT2D eigenvalue weighted by Crippen LogP contribution is -2.40. The van der Waals surface area contributed by atoms with Crippen molar-refractivity contribution in [2.45, 2.75) is 25.8 Å². The molecule has 1 aromatic carbocycles. The summed E-state index contributed by atoms with van der Waals surface area (Å²) in [4.78, 5) is 14.0. The third kappa shape index (κ3) is 4.00. The van der Waals surface area contributed by atoms with Gasteiger partial charge in [0.2, 0.25) is 5.91 Å². The molecule has 1 saturated heterocycles. The molecule has 4 heteroatoms. The van der Waals surface area contributed by atoms with Crippen molar-refractivity contribution in [3.8, 4) is 0 Å². The first kappa shape index (κ1) is 15.4. The standard InChI is InChI=1S/C16H23NO2S/c1-13-7-9-17(15(13)11-18)16(19)12-20-10-8-14-5-3-2-4-6-14/h2-6,13,15,18H,7-12H2,1H3. The van der Waals surface area contributed by atoms with E-state index in [4.69, 9.17) is 0 Å². The predicted octanol–water partition coefficient (Wildman–Crippen LogP) is 2.19. The van der Waals surface area contributed by atoms with E-state index in [0.717, 1.165) is 25.1 Å². The summed E-state index contributed by atoms with van der Waals surface area (Å²) < 4.78 is 0. The minimum Gasteiger partial charge on any atom is -0.394 e. The molecule has 1 fully saturated rings. The molecule has 1 heterocycles. The van der Waals surface area contributed by atoms with E-state index >= 15 is 0 Å². The zero-order valence-corrected chi connectivity index (χ0v) is 12.8. The molecule has 0 bridgehead atoms. The molecule has 0 aromatic heterocycles. The Kier molecular flexibility index (Phi) is 5.92. The number of hydrogen-bond donors (Lipinski definition) is 1. The molecule has 1 aliphatic rings. The average Bonchev–Trinajstić information content (AvgIpc) is 2.85. The monoisotopic (exact) mass is 293 g/mol. The van der Waals surface area contributed by atoms with Crippen LogP contribution in [0, 0.1) is 5.92 Å². The van der Waals surface area contributed by atoms with Crippen molar-refractivity contribution in [1.29, 1.82) is 0 Å². The topological polar surface area (TPSA) is 40.5 Å². The first-order chi connectivity index (χ1) is 9.72. The van der Waals surface area contributed by atoms with Gasteiger partial charge in [0.15, 0.2) is 0 Å². The van der Waals surface area contributed by atoms with E-state index < -0.39 is 0 Å². The van der Waals surface area contributed by atoms with Crippen LogP contribution in [0.4, 0.5) is 0 Å². The van der Waals surface area contributed by atoms with E-state index in [-0.39, 0.29) is 18.6 Å². The lowest BCUT2D eigenvalue weighted by atomic mass is 10.0. The first-order valence-corrected chi connectivity index (χ1v) is 8.40. The second-order valence-corrected chi connectivity index (χ2v) is 6.50. The van der Waals surface area contributed by atoms with Gasteiger partial charge in [0, 0.05) is 6.54 Å². The highest BCUT2D eigenvalue weighted by Crippen LogP contribution is 2.24. The number of aryl methyl sites for hydroxylation is 1. The normalized spacial score (nSPS) is 22.2. The number of aliphatic hydroxyl groups excluding tert-OH is 1. The van der Waals surface area contributed by atoms with Gasteiger partial charge < -0.3 is 10.0 Å². The summed E-state index contributed by atoms with van der Waals surface area (Å²) in [5, 5.41) is 9.38. The Balaban J connectivity index is 1.70. The second kappa shape index (κ2) is 7.70. The highest BCUT2D eigenvalue weighted by atomic mass is 32.2. The number of benzene rings is 1. The van der Waals surface area contributed by atoms with Gasteiger partial charge in [-0.15, -0.1) is 0 Å². The molecule has 2 rings (SSSR count). The number of hydrogen-bond acceptors (Lipinski definition) is 3. The van der Waals surface area contributed by atoms with Crippen molar-refractivity contribution in [3.05, 3.63) is 35.9 Å². The zero-order chi connectivity index (χ0) is 14.4. The number of likely N-dealkylation sites (tertiary alicyclic amines) is 1. The van der Waals surface area contributed by atoms with Gasteiger partial charge >= 0.3 is 0 Å². The summed E-state index contributed by atoms with van der Waals surface area (Å²) in [6.45, 7) is 2.99. The fraction of sp³-hybridized carbons (Fsp3) is 0.562. The minimum atomic E-state index is 0.0252. The number of nitrogens with zero attached hydrogens (tertiary/aromatic N) is 1. The molecule has 2 unspecified atom stereocenters. The molecule has 2 atom stereocenters. The summed E-state index contributed by atoms with van der Waals surface area (Å²) in [5.41, 5.74) is 1.32. The molecular weight excluding hydrogens is 270 g/mol. The quantitative estimate of drug-likeness (QED) is 0.817. The van der Waals surface area contributed by atoms with E-state index in [1.54, 1.807) is 11.8 Å². The minimum absolute atomic E-state index is 0.0252. The SMILES string of the molecule is CC1CCN(C(=O)CSCCc2ccccc2)C1CO. The third-order valence-corrected chi connectivity index (χ3v) is 4.94. The van der Waals surface area contributed by atoms with Crippen molar-refractivity contribution < 1.29 is 9.90 Å². The van der Waals surface area contributed by atoms with Crippen LogP contribution in [-0.4, -0.2) is 46.6 Å². The Morgan fingerprint density at radius 2 is 2.15 bits per heavy atom. The van der Waals surface area contributed by atoms with Crippen LogP contribution in [0.25, 0.3) is 0 Å². The number of aliphatic hydroxyl groups is 1. The van der Waals surface area contributed by atoms with Gasteiger partial charge in [-0.2, -0.15) is 11.8 Å². The predicted molar refractivity (Wildman–Crippen MR) is 83.8 cm³/mol. The van der Waals surface area contributed by atoms with Crippen molar-refractivity contribution in [2.75, 3.05) is 24.7 Å². The Bertz CT molecular complexity index is 424. The van der Waals surface area contributed by atoms with Crippen LogP contribution in [0.5, 0.6) is 0 Å². The van der Waals surface area contributed by atoms with Crippen LogP contribution in [0.2, 0.25) is 0 Å². The third-order valence-electron chi connectivity index (χ3n) is 3.99. The highest BCUT2D eigenvalue weighted by molar-refractivity contribution is 7.99. The fourth-order valence-electron chi connectivity index (χ4n) is 2.67. The van der Waals surface area contributed by atoms with Crippen LogP contribution >= 0.6 is 11.8 Å². The number of carbonyl (C=O) groups is 1. The summed E-state index contributed by atoms with van der Waals surface area (Å²) in [6.07, 6.45) is 2.00. The molecule has 20 heavy (non-hydrogen) atoms. The molecule has 1 aromatic rings. The van der Waals surface area contributed by atoms with E-state index in [1.807, 2.05) is 23.1 Å². The van der Waals surface area contributed by atoms with Gasteiger partial charge in [0.05, 0.1) is 18.4 Å². The Hall–Kier alpha value is -1.00. The van der Waals surface area contributed by atoms with E-state index in [2.05, 4.69) is 19.1 Å².